The van der Waals surface area contributed by atoms with Crippen LogP contribution < -0.4 is 9.46 Å². The lowest BCUT2D eigenvalue weighted by atomic mass is 9.52. The van der Waals surface area contributed by atoms with Crippen molar-refractivity contribution in [1.29, 1.82) is 0 Å². The lowest BCUT2D eigenvalue weighted by molar-refractivity contribution is -0.0320. The molecule has 8 heteroatoms. The van der Waals surface area contributed by atoms with Gasteiger partial charge in [0.05, 0.1) is 17.2 Å². The van der Waals surface area contributed by atoms with Crippen LogP contribution in [-0.4, -0.2) is 50.0 Å². The molecule has 0 amide bonds. The fourth-order valence-electron chi connectivity index (χ4n) is 8.03. The number of aryl methyl sites for hydroxylation is 2. The zero-order valence-corrected chi connectivity index (χ0v) is 27.3. The molecule has 3 aromatic rings. The van der Waals surface area contributed by atoms with Crippen LogP contribution in [0, 0.1) is 43.9 Å². The van der Waals surface area contributed by atoms with Gasteiger partial charge in [-0.2, -0.15) is 4.98 Å². The minimum Gasteiger partial charge on any atom is -0.477 e. The van der Waals surface area contributed by atoms with Crippen LogP contribution in [0.3, 0.4) is 0 Å². The van der Waals surface area contributed by atoms with Gasteiger partial charge in [0.25, 0.3) is 10.0 Å². The summed E-state index contributed by atoms with van der Waals surface area (Å²) in [5, 5.41) is 0. The first kappa shape index (κ1) is 30.1. The van der Waals surface area contributed by atoms with E-state index in [9.17, 15) is 8.42 Å². The molecule has 3 heterocycles. The zero-order chi connectivity index (χ0) is 30.5. The first-order valence-corrected chi connectivity index (χ1v) is 17.3. The molecule has 3 aliphatic rings. The summed E-state index contributed by atoms with van der Waals surface area (Å²) >= 11 is 0. The van der Waals surface area contributed by atoms with Gasteiger partial charge in [-0.25, -0.2) is 18.1 Å². The number of nitrogens with zero attached hydrogens (tertiary/aromatic N) is 3. The number of sulfonamides is 1. The molecule has 2 aliphatic heterocycles. The molecule has 7 nitrogen and oxygen atoms in total. The van der Waals surface area contributed by atoms with E-state index in [1.54, 1.807) is 6.07 Å². The van der Waals surface area contributed by atoms with E-state index < -0.39 is 10.0 Å². The van der Waals surface area contributed by atoms with Crippen molar-refractivity contribution in [1.82, 2.24) is 14.9 Å². The summed E-state index contributed by atoms with van der Waals surface area (Å²) in [6.07, 6.45) is 5.89. The number of aromatic nitrogens is 2. The predicted molar refractivity (Wildman–Crippen MR) is 172 cm³/mol. The summed E-state index contributed by atoms with van der Waals surface area (Å²) in [6, 6.07) is 13.7. The molecule has 1 aliphatic carbocycles. The molecule has 2 fully saturated rings. The molecule has 6 rings (SSSR count). The fraction of sp³-hybridized carbons (Fsp3) is 0.543. The van der Waals surface area contributed by atoms with Gasteiger partial charge in [-0.15, -0.1) is 0 Å². The Morgan fingerprint density at radius 3 is 2.37 bits per heavy atom. The fourth-order valence-corrected chi connectivity index (χ4v) is 9.03. The van der Waals surface area contributed by atoms with E-state index in [2.05, 4.69) is 67.5 Å². The number of anilines is 1. The molecule has 1 N–H and O–H groups in total. The summed E-state index contributed by atoms with van der Waals surface area (Å²) in [5.74, 6) is 1.88. The van der Waals surface area contributed by atoms with Crippen molar-refractivity contribution < 1.29 is 13.2 Å². The summed E-state index contributed by atoms with van der Waals surface area (Å²) in [5.41, 5.74) is 6.17. The van der Waals surface area contributed by atoms with Crippen molar-refractivity contribution in [3.05, 3.63) is 64.7 Å². The molecular formula is C35H46N4O3S. The molecule has 2 aromatic carbocycles. The second-order valence-electron chi connectivity index (χ2n) is 14.0. The molecule has 230 valence electrons. The Hall–Kier alpha value is -2.97. The number of benzene rings is 2. The second-order valence-corrected chi connectivity index (χ2v) is 15.7. The maximum absolute atomic E-state index is 13.8. The maximum Gasteiger partial charge on any atom is 0.264 e. The first-order chi connectivity index (χ1) is 20.4. The first-order valence-electron chi connectivity index (χ1n) is 15.8. The molecule has 1 saturated heterocycles. The molecule has 0 radical (unpaired) electrons. The third kappa shape index (κ3) is 5.93. The lowest BCUT2D eigenvalue weighted by Crippen LogP contribution is -2.48. The van der Waals surface area contributed by atoms with Gasteiger partial charge in [-0.1, -0.05) is 44.2 Å². The van der Waals surface area contributed by atoms with E-state index in [1.165, 1.54) is 25.7 Å². The maximum atomic E-state index is 13.8. The Morgan fingerprint density at radius 1 is 1.02 bits per heavy atom. The van der Waals surface area contributed by atoms with Gasteiger partial charge in [0.2, 0.25) is 11.8 Å². The number of hydrogen-bond acceptors (Lipinski definition) is 6. The van der Waals surface area contributed by atoms with E-state index in [1.807, 2.05) is 25.1 Å². The van der Waals surface area contributed by atoms with Crippen molar-refractivity contribution in [3.8, 4) is 17.1 Å². The van der Waals surface area contributed by atoms with Crippen LogP contribution in [-0.2, 0) is 10.0 Å². The summed E-state index contributed by atoms with van der Waals surface area (Å²) in [7, 11) is -1.71. The van der Waals surface area contributed by atoms with Gasteiger partial charge in [0.1, 0.15) is 0 Å². The third-order valence-corrected chi connectivity index (χ3v) is 11.6. The van der Waals surface area contributed by atoms with Crippen LogP contribution in [0.5, 0.6) is 5.88 Å². The van der Waals surface area contributed by atoms with E-state index in [0.717, 1.165) is 47.3 Å². The van der Waals surface area contributed by atoms with Crippen molar-refractivity contribution in [2.75, 3.05) is 31.5 Å². The second kappa shape index (κ2) is 11.5. The van der Waals surface area contributed by atoms with Crippen LogP contribution in [0.2, 0.25) is 0 Å². The van der Waals surface area contributed by atoms with Crippen molar-refractivity contribution in [2.24, 2.45) is 23.2 Å². The van der Waals surface area contributed by atoms with Gasteiger partial charge in [0, 0.05) is 17.0 Å². The Bertz CT molecular complexity index is 1580. The van der Waals surface area contributed by atoms with Gasteiger partial charge >= 0.3 is 0 Å². The van der Waals surface area contributed by atoms with Crippen molar-refractivity contribution >= 4 is 16.0 Å². The monoisotopic (exact) mass is 602 g/mol. The molecule has 1 spiro atoms. The molecule has 2 atom stereocenters. The average Bonchev–Trinajstić information content (AvgIpc) is 2.93. The topological polar surface area (TPSA) is 84.4 Å². The highest BCUT2D eigenvalue weighted by atomic mass is 32.2. The third-order valence-electron chi connectivity index (χ3n) is 10.3. The number of hydrogen-bond donors (Lipinski definition) is 1. The number of piperidine rings is 1. The summed E-state index contributed by atoms with van der Waals surface area (Å²) in [4.78, 5) is 12.1. The van der Waals surface area contributed by atoms with E-state index in [4.69, 9.17) is 9.72 Å². The molecule has 1 saturated carbocycles. The van der Waals surface area contributed by atoms with Crippen LogP contribution >= 0.6 is 0 Å². The number of nitrogens with one attached hydrogen (secondary N) is 1. The Labute approximate surface area is 257 Å². The largest absolute Gasteiger partial charge is 0.477 e. The van der Waals surface area contributed by atoms with Crippen LogP contribution in [0.15, 0.2) is 47.4 Å². The number of ether oxygens (including phenoxy) is 1. The minimum absolute atomic E-state index is 0.0318. The highest BCUT2D eigenvalue weighted by Gasteiger charge is 2.50. The Morgan fingerprint density at radius 2 is 1.70 bits per heavy atom. The lowest BCUT2D eigenvalue weighted by Gasteiger charge is -2.55. The van der Waals surface area contributed by atoms with Gasteiger partial charge < -0.3 is 9.64 Å². The molecule has 43 heavy (non-hydrogen) atoms. The standard InChI is InChI=1S/C35H46N4O3S/c1-22(2)17-27-21-42-33-25(5)32(30-23(3)9-7-10-24(30)4)36-34(37-33)38-43(40,41)29-12-8-11-26(18-29)31(27)28-19-35(20-28)13-15-39(6)16-14-35/h7-12,18,22,27-28,31H,13-17,19-21H2,1-6H3,(H,36,37,38)/t27-,31?/m1/s1. The Kier molecular flexibility index (Phi) is 8.05. The van der Waals surface area contributed by atoms with Gasteiger partial charge in [-0.05, 0) is 125 Å². The molecular weight excluding hydrogens is 556 g/mol. The minimum atomic E-state index is -3.93. The van der Waals surface area contributed by atoms with Crippen molar-refractivity contribution in [3.63, 3.8) is 0 Å². The zero-order valence-electron chi connectivity index (χ0n) is 26.5. The Balaban J connectivity index is 1.45. The molecule has 1 unspecified atom stereocenters. The quantitative estimate of drug-likeness (QED) is 0.342. The normalized spacial score (nSPS) is 23.5. The van der Waals surface area contributed by atoms with Gasteiger partial charge in [0.15, 0.2) is 0 Å². The van der Waals surface area contributed by atoms with E-state index >= 15 is 0 Å². The molecule has 4 bridgehead atoms. The summed E-state index contributed by atoms with van der Waals surface area (Å²) in [6.45, 7) is 13.5. The van der Waals surface area contributed by atoms with E-state index in [0.29, 0.717) is 35.4 Å². The number of likely N-dealkylation sites (tertiary alicyclic amines) is 1. The summed E-state index contributed by atoms with van der Waals surface area (Å²) < 4.78 is 37.0. The van der Waals surface area contributed by atoms with Crippen LogP contribution in [0.1, 0.15) is 74.1 Å². The highest BCUT2D eigenvalue weighted by Crippen LogP contribution is 2.59. The number of fused-ring (bicyclic) bond motifs is 4. The highest BCUT2D eigenvalue weighted by molar-refractivity contribution is 7.92. The number of rotatable bonds is 4. The van der Waals surface area contributed by atoms with Crippen LogP contribution in [0.4, 0.5) is 5.95 Å². The van der Waals surface area contributed by atoms with Crippen molar-refractivity contribution in [2.45, 2.75) is 77.5 Å². The molecule has 1 aromatic heterocycles. The van der Waals surface area contributed by atoms with Crippen LogP contribution in [0.25, 0.3) is 11.3 Å². The predicted octanol–water partition coefficient (Wildman–Crippen LogP) is 7.13. The smallest absolute Gasteiger partial charge is 0.264 e. The van der Waals surface area contributed by atoms with E-state index in [-0.39, 0.29) is 22.7 Å². The average molecular weight is 603 g/mol. The van der Waals surface area contributed by atoms with Gasteiger partial charge in [-0.3, -0.25) is 0 Å². The SMILES string of the molecule is Cc1cccc(C)c1-c1nc2nc(c1C)OC[C@@H](CC(C)C)C(C1CC3(CCN(C)CC3)C1)c1cccc(c1)S(=O)(=O)N2.